The molecule has 1 aromatic rings. The van der Waals surface area contributed by atoms with Crippen molar-refractivity contribution in [2.24, 2.45) is 0 Å². The van der Waals surface area contributed by atoms with Gasteiger partial charge in [0, 0.05) is 11.3 Å². The number of amides is 3. The molecule has 0 bridgehead atoms. The van der Waals surface area contributed by atoms with E-state index in [-0.39, 0.29) is 12.3 Å². The number of piperidine rings is 1. The van der Waals surface area contributed by atoms with Gasteiger partial charge in [0.2, 0.25) is 11.8 Å². The maximum absolute atomic E-state index is 12.2. The maximum atomic E-state index is 12.2. The molecule has 1 heterocycles. The number of hydrogen-bond acceptors (Lipinski definition) is 4. The molecule has 1 unspecified atom stereocenters. The van der Waals surface area contributed by atoms with Crippen LogP contribution in [0.1, 0.15) is 23.2 Å². The third-order valence-electron chi connectivity index (χ3n) is 2.96. The Morgan fingerprint density at radius 3 is 2.85 bits per heavy atom. The Morgan fingerprint density at radius 1 is 1.45 bits per heavy atom. The van der Waals surface area contributed by atoms with Crippen molar-refractivity contribution in [2.75, 3.05) is 6.26 Å². The van der Waals surface area contributed by atoms with Crippen LogP contribution in [0.3, 0.4) is 0 Å². The van der Waals surface area contributed by atoms with Crippen LogP contribution in [0, 0.1) is 0 Å². The van der Waals surface area contributed by atoms with E-state index < -0.39 is 17.9 Å². The number of hydrogen-bond donors (Lipinski definition) is 2. The minimum absolute atomic E-state index is 0.218. The Hall–Kier alpha value is -1.53. The molecule has 2 N–H and O–H groups in total. The quantitative estimate of drug-likeness (QED) is 0.656. The van der Waals surface area contributed by atoms with Crippen molar-refractivity contribution in [2.45, 2.75) is 23.8 Å². The van der Waals surface area contributed by atoms with Crippen molar-refractivity contribution >= 4 is 41.1 Å². The van der Waals surface area contributed by atoms with Gasteiger partial charge < -0.3 is 5.32 Å². The Morgan fingerprint density at radius 2 is 2.20 bits per heavy atom. The number of nitrogens with one attached hydrogen (secondary N) is 2. The minimum atomic E-state index is -0.700. The minimum Gasteiger partial charge on any atom is -0.340 e. The molecule has 1 aromatic carbocycles. The van der Waals surface area contributed by atoms with Gasteiger partial charge in [-0.05, 0) is 30.9 Å². The summed E-state index contributed by atoms with van der Waals surface area (Å²) in [6, 6.07) is 4.44. The first-order valence-corrected chi connectivity index (χ1v) is 7.59. The van der Waals surface area contributed by atoms with Crippen LogP contribution in [0.25, 0.3) is 0 Å². The van der Waals surface area contributed by atoms with E-state index in [9.17, 15) is 14.4 Å². The average molecular weight is 313 g/mol. The second kappa shape index (κ2) is 6.28. The Bertz CT molecular complexity index is 577. The summed E-state index contributed by atoms with van der Waals surface area (Å²) in [5.74, 6) is -1.21. The number of rotatable bonds is 3. The van der Waals surface area contributed by atoms with Crippen molar-refractivity contribution in [1.29, 1.82) is 0 Å². The monoisotopic (exact) mass is 312 g/mol. The van der Waals surface area contributed by atoms with Crippen LogP contribution in [-0.4, -0.2) is 30.0 Å². The lowest BCUT2D eigenvalue weighted by atomic mass is 10.1. The van der Waals surface area contributed by atoms with Crippen molar-refractivity contribution in [3.63, 3.8) is 0 Å². The molecular weight excluding hydrogens is 300 g/mol. The zero-order chi connectivity index (χ0) is 14.7. The van der Waals surface area contributed by atoms with Crippen molar-refractivity contribution < 1.29 is 14.4 Å². The van der Waals surface area contributed by atoms with Crippen molar-refractivity contribution in [3.05, 3.63) is 28.8 Å². The van der Waals surface area contributed by atoms with Crippen LogP contribution >= 0.6 is 23.4 Å². The highest BCUT2D eigenvalue weighted by atomic mass is 35.5. The molecule has 20 heavy (non-hydrogen) atoms. The lowest BCUT2D eigenvalue weighted by molar-refractivity contribution is -0.134. The van der Waals surface area contributed by atoms with E-state index in [0.29, 0.717) is 17.0 Å². The zero-order valence-electron chi connectivity index (χ0n) is 10.7. The Kier molecular flexibility index (Phi) is 4.67. The zero-order valence-corrected chi connectivity index (χ0v) is 12.3. The summed E-state index contributed by atoms with van der Waals surface area (Å²) in [5, 5.41) is 5.12. The maximum Gasteiger partial charge on any atom is 0.253 e. The van der Waals surface area contributed by atoms with E-state index in [1.165, 1.54) is 11.8 Å². The number of carbonyl (C=O) groups is 3. The molecule has 5 nitrogen and oxygen atoms in total. The summed E-state index contributed by atoms with van der Waals surface area (Å²) in [5.41, 5.74) is 0.322. The SMILES string of the molecule is CSc1ccc(Cl)c(C(=O)NC2CCC(=O)NC2=O)c1. The van der Waals surface area contributed by atoms with Crippen molar-refractivity contribution in [1.82, 2.24) is 10.6 Å². The van der Waals surface area contributed by atoms with E-state index in [1.54, 1.807) is 12.1 Å². The van der Waals surface area contributed by atoms with Gasteiger partial charge in [-0.3, -0.25) is 19.7 Å². The van der Waals surface area contributed by atoms with Gasteiger partial charge in [-0.1, -0.05) is 11.6 Å². The van der Waals surface area contributed by atoms with Crippen molar-refractivity contribution in [3.8, 4) is 0 Å². The molecule has 1 atom stereocenters. The molecule has 0 radical (unpaired) electrons. The standard InChI is InChI=1S/C13H13ClN2O3S/c1-20-7-2-3-9(14)8(6-7)12(18)15-10-4-5-11(17)16-13(10)19/h2-3,6,10H,4-5H2,1H3,(H,15,18)(H,16,17,19). The van der Waals surface area contributed by atoms with Gasteiger partial charge in [-0.2, -0.15) is 0 Å². The van der Waals surface area contributed by atoms with Gasteiger partial charge in [-0.25, -0.2) is 0 Å². The average Bonchev–Trinajstić information content (AvgIpc) is 2.42. The third-order valence-corrected chi connectivity index (χ3v) is 4.02. The fourth-order valence-electron chi connectivity index (χ4n) is 1.87. The number of carbonyl (C=O) groups excluding carboxylic acids is 3. The lowest BCUT2D eigenvalue weighted by Gasteiger charge is -2.22. The highest BCUT2D eigenvalue weighted by Crippen LogP contribution is 2.23. The topological polar surface area (TPSA) is 75.3 Å². The summed E-state index contributed by atoms with van der Waals surface area (Å²) >= 11 is 7.49. The first-order valence-electron chi connectivity index (χ1n) is 5.99. The first-order chi connectivity index (χ1) is 9.51. The normalized spacial score (nSPS) is 18.6. The number of imide groups is 1. The highest BCUT2D eigenvalue weighted by Gasteiger charge is 2.28. The van der Waals surface area contributed by atoms with Gasteiger partial charge in [0.25, 0.3) is 5.91 Å². The first kappa shape index (κ1) is 14.9. The van der Waals surface area contributed by atoms with Crippen LogP contribution in [0.5, 0.6) is 0 Å². The molecular formula is C13H13ClN2O3S. The van der Waals surface area contributed by atoms with E-state index in [4.69, 9.17) is 11.6 Å². The fraction of sp³-hybridized carbons (Fsp3) is 0.308. The predicted molar refractivity (Wildman–Crippen MR) is 76.9 cm³/mol. The number of thioether (sulfide) groups is 1. The number of halogens is 1. The molecule has 0 saturated carbocycles. The molecule has 3 amide bonds. The molecule has 7 heteroatoms. The smallest absolute Gasteiger partial charge is 0.253 e. The van der Waals surface area contributed by atoms with Crippen LogP contribution in [0.2, 0.25) is 5.02 Å². The van der Waals surface area contributed by atoms with E-state index in [0.717, 1.165) is 4.90 Å². The Balaban J connectivity index is 2.12. The summed E-state index contributed by atoms with van der Waals surface area (Å²) in [6.07, 6.45) is 2.41. The molecule has 1 aliphatic rings. The van der Waals surface area contributed by atoms with E-state index in [2.05, 4.69) is 10.6 Å². The summed E-state index contributed by atoms with van der Waals surface area (Å²) in [4.78, 5) is 35.7. The Labute approximate surface area is 125 Å². The molecule has 1 saturated heterocycles. The highest BCUT2D eigenvalue weighted by molar-refractivity contribution is 7.98. The van der Waals surface area contributed by atoms with Crippen LogP contribution in [0.15, 0.2) is 23.1 Å². The predicted octanol–water partition coefficient (Wildman–Crippen LogP) is 1.60. The summed E-state index contributed by atoms with van der Waals surface area (Å²) in [6.45, 7) is 0. The lowest BCUT2D eigenvalue weighted by Crippen LogP contribution is -2.52. The third kappa shape index (κ3) is 3.32. The second-order valence-corrected chi connectivity index (χ2v) is 5.61. The molecule has 0 aliphatic carbocycles. The molecule has 0 aromatic heterocycles. The van der Waals surface area contributed by atoms with Gasteiger partial charge in [0.1, 0.15) is 6.04 Å². The molecule has 106 valence electrons. The molecule has 0 spiro atoms. The van der Waals surface area contributed by atoms with Gasteiger partial charge in [0.15, 0.2) is 0 Å². The molecule has 1 fully saturated rings. The summed E-state index contributed by atoms with van der Waals surface area (Å²) in [7, 11) is 0. The fourth-order valence-corrected chi connectivity index (χ4v) is 2.52. The van der Waals surface area contributed by atoms with Crippen LogP contribution in [-0.2, 0) is 9.59 Å². The van der Waals surface area contributed by atoms with E-state index in [1.807, 2.05) is 12.3 Å². The molecule has 1 aliphatic heterocycles. The van der Waals surface area contributed by atoms with Gasteiger partial charge in [-0.15, -0.1) is 11.8 Å². The van der Waals surface area contributed by atoms with Crippen LogP contribution < -0.4 is 10.6 Å². The molecule has 2 rings (SSSR count). The van der Waals surface area contributed by atoms with Gasteiger partial charge >= 0.3 is 0 Å². The summed E-state index contributed by atoms with van der Waals surface area (Å²) < 4.78 is 0. The van der Waals surface area contributed by atoms with E-state index >= 15 is 0 Å². The largest absolute Gasteiger partial charge is 0.340 e. The van der Waals surface area contributed by atoms with Crippen LogP contribution in [0.4, 0.5) is 0 Å². The number of benzene rings is 1. The van der Waals surface area contributed by atoms with Gasteiger partial charge in [0.05, 0.1) is 10.6 Å². The second-order valence-electron chi connectivity index (χ2n) is 4.32.